The highest BCUT2D eigenvalue weighted by Gasteiger charge is 2.11. The molecule has 1 aromatic heterocycles. The Hall–Kier alpha value is -0.223. The van der Waals surface area contributed by atoms with E-state index in [1.54, 1.807) is 0 Å². The summed E-state index contributed by atoms with van der Waals surface area (Å²) in [5.74, 6) is 2.41. The summed E-state index contributed by atoms with van der Waals surface area (Å²) >= 11 is 2.03. The van der Waals surface area contributed by atoms with Crippen LogP contribution in [0.3, 0.4) is 0 Å². The van der Waals surface area contributed by atoms with Gasteiger partial charge in [-0.05, 0) is 17.4 Å². The minimum Gasteiger partial charge on any atom is -0.276 e. The van der Waals surface area contributed by atoms with Crippen LogP contribution >= 0.6 is 11.8 Å². The first-order chi connectivity index (χ1) is 6.47. The number of hydrogen-bond acceptors (Lipinski definition) is 2. The molecule has 4 heteroatoms. The Balaban J connectivity index is 2.16. The Bertz CT molecular complexity index is 278. The molecule has 0 amide bonds. The zero-order chi connectivity index (χ0) is 10.6. The molecule has 1 aromatic rings. The predicted molar refractivity (Wildman–Crippen MR) is 67.5 cm³/mol. The van der Waals surface area contributed by atoms with Crippen LogP contribution in [0.4, 0.5) is 0 Å². The van der Waals surface area contributed by atoms with E-state index in [2.05, 4.69) is 30.9 Å². The first kappa shape index (κ1) is 11.8. The van der Waals surface area contributed by atoms with Gasteiger partial charge in [-0.2, -0.15) is 16.9 Å². The Morgan fingerprint density at radius 3 is 2.64 bits per heavy atom. The van der Waals surface area contributed by atoms with Gasteiger partial charge < -0.3 is 0 Å². The molecular formula is C10H20N2SSi. The minimum atomic E-state index is -0.832. The molecule has 0 atom stereocenters. The fraction of sp³-hybridized carbons (Fsp3) is 0.700. The van der Waals surface area contributed by atoms with Crippen molar-refractivity contribution in [2.45, 2.75) is 31.4 Å². The average molecular weight is 228 g/mol. The standard InChI is InChI=1S/C10H20N2SSi/c1-12-8-10(7-11-12)9-13-5-6-14(2,3)4/h7-8H,5-6,9H2,1-4H3. The van der Waals surface area contributed by atoms with Crippen molar-refractivity contribution >= 4 is 19.8 Å². The molecule has 0 spiro atoms. The predicted octanol–water partition coefficient (Wildman–Crippen LogP) is 2.99. The second kappa shape index (κ2) is 5.03. The highest BCUT2D eigenvalue weighted by atomic mass is 32.2. The first-order valence-electron chi connectivity index (χ1n) is 5.03. The molecule has 0 aliphatic heterocycles. The Morgan fingerprint density at radius 2 is 2.14 bits per heavy atom. The van der Waals surface area contributed by atoms with E-state index in [-0.39, 0.29) is 0 Å². The SMILES string of the molecule is Cn1cc(CSCC[Si](C)(C)C)cn1. The molecule has 0 saturated heterocycles. The van der Waals surface area contributed by atoms with Crippen molar-refractivity contribution in [3.05, 3.63) is 18.0 Å². The monoisotopic (exact) mass is 228 g/mol. The molecule has 1 heterocycles. The zero-order valence-electron chi connectivity index (χ0n) is 9.58. The van der Waals surface area contributed by atoms with Gasteiger partial charge in [0.05, 0.1) is 6.20 Å². The van der Waals surface area contributed by atoms with Crippen molar-refractivity contribution in [2.75, 3.05) is 5.75 Å². The summed E-state index contributed by atoms with van der Waals surface area (Å²) in [4.78, 5) is 0. The molecule has 0 radical (unpaired) electrons. The quantitative estimate of drug-likeness (QED) is 0.569. The number of thioether (sulfide) groups is 1. The Labute approximate surface area is 92.1 Å². The summed E-state index contributed by atoms with van der Waals surface area (Å²) in [5.41, 5.74) is 1.34. The van der Waals surface area contributed by atoms with Crippen LogP contribution < -0.4 is 0 Å². The van der Waals surface area contributed by atoms with Crippen molar-refractivity contribution in [1.29, 1.82) is 0 Å². The maximum Gasteiger partial charge on any atom is 0.0530 e. The van der Waals surface area contributed by atoms with Crippen LogP contribution in [0.15, 0.2) is 12.4 Å². The molecule has 2 nitrogen and oxygen atoms in total. The second-order valence-electron chi connectivity index (χ2n) is 4.89. The Kier molecular flexibility index (Phi) is 4.25. The van der Waals surface area contributed by atoms with Crippen molar-refractivity contribution in [3.8, 4) is 0 Å². The van der Waals surface area contributed by atoms with Crippen LogP contribution in [0, 0.1) is 0 Å². The third-order valence-electron chi connectivity index (χ3n) is 2.02. The highest BCUT2D eigenvalue weighted by molar-refractivity contribution is 7.98. The van der Waals surface area contributed by atoms with Crippen molar-refractivity contribution in [2.24, 2.45) is 7.05 Å². The van der Waals surface area contributed by atoms with E-state index < -0.39 is 8.07 Å². The van der Waals surface area contributed by atoms with Gasteiger partial charge in [-0.3, -0.25) is 4.68 Å². The van der Waals surface area contributed by atoms with Gasteiger partial charge in [0.25, 0.3) is 0 Å². The lowest BCUT2D eigenvalue weighted by Gasteiger charge is -2.14. The number of rotatable bonds is 5. The summed E-state index contributed by atoms with van der Waals surface area (Å²) in [6.45, 7) is 7.28. The highest BCUT2D eigenvalue weighted by Crippen LogP contribution is 2.17. The molecule has 0 fully saturated rings. The van der Waals surface area contributed by atoms with E-state index in [1.807, 2.05) is 29.7 Å². The minimum absolute atomic E-state index is 0.832. The zero-order valence-corrected chi connectivity index (χ0v) is 11.4. The van der Waals surface area contributed by atoms with Crippen LogP contribution in [0.5, 0.6) is 0 Å². The number of nitrogens with zero attached hydrogens (tertiary/aromatic N) is 2. The van der Waals surface area contributed by atoms with Crippen molar-refractivity contribution < 1.29 is 0 Å². The number of aromatic nitrogens is 2. The van der Waals surface area contributed by atoms with Crippen LogP contribution in [-0.4, -0.2) is 23.6 Å². The topological polar surface area (TPSA) is 17.8 Å². The maximum absolute atomic E-state index is 4.16. The van der Waals surface area contributed by atoms with Gasteiger partial charge in [0.1, 0.15) is 0 Å². The molecule has 1 rings (SSSR count). The molecule has 0 aliphatic carbocycles. The van der Waals surface area contributed by atoms with Gasteiger partial charge in [0.2, 0.25) is 0 Å². The van der Waals surface area contributed by atoms with E-state index in [4.69, 9.17) is 0 Å². The van der Waals surface area contributed by atoms with Crippen molar-refractivity contribution in [1.82, 2.24) is 9.78 Å². The van der Waals surface area contributed by atoms with Crippen molar-refractivity contribution in [3.63, 3.8) is 0 Å². The Morgan fingerprint density at radius 1 is 1.43 bits per heavy atom. The average Bonchev–Trinajstić information content (AvgIpc) is 2.44. The maximum atomic E-state index is 4.16. The second-order valence-corrected chi connectivity index (χ2v) is 11.6. The summed E-state index contributed by atoms with van der Waals surface area (Å²) in [6, 6.07) is 1.41. The van der Waals surface area contributed by atoms with Gasteiger partial charge in [-0.25, -0.2) is 0 Å². The molecule has 0 bridgehead atoms. The normalized spacial score (nSPS) is 12.0. The summed E-state index contributed by atoms with van der Waals surface area (Å²) in [6.07, 6.45) is 4.06. The lowest BCUT2D eigenvalue weighted by atomic mass is 10.4. The summed E-state index contributed by atoms with van der Waals surface area (Å²) in [5, 5.41) is 4.16. The first-order valence-corrected chi connectivity index (χ1v) is 9.89. The van der Waals surface area contributed by atoms with Crippen LogP contribution in [0.2, 0.25) is 25.7 Å². The molecule has 0 unspecified atom stereocenters. The van der Waals surface area contributed by atoms with E-state index in [1.165, 1.54) is 17.4 Å². The van der Waals surface area contributed by atoms with E-state index >= 15 is 0 Å². The molecular weight excluding hydrogens is 208 g/mol. The lowest BCUT2D eigenvalue weighted by molar-refractivity contribution is 0.767. The molecule has 14 heavy (non-hydrogen) atoms. The van der Waals surface area contributed by atoms with Gasteiger partial charge in [-0.15, -0.1) is 0 Å². The van der Waals surface area contributed by atoms with Gasteiger partial charge in [0, 0.05) is 27.1 Å². The lowest BCUT2D eigenvalue weighted by Crippen LogP contribution is -2.19. The largest absolute Gasteiger partial charge is 0.276 e. The molecule has 0 saturated carbocycles. The van der Waals surface area contributed by atoms with Gasteiger partial charge in [-0.1, -0.05) is 19.6 Å². The van der Waals surface area contributed by atoms with Crippen LogP contribution in [-0.2, 0) is 12.8 Å². The van der Waals surface area contributed by atoms with Gasteiger partial charge >= 0.3 is 0 Å². The summed E-state index contributed by atoms with van der Waals surface area (Å²) < 4.78 is 1.87. The van der Waals surface area contributed by atoms with E-state index in [0.29, 0.717) is 0 Å². The van der Waals surface area contributed by atoms with Gasteiger partial charge in [0.15, 0.2) is 0 Å². The fourth-order valence-corrected chi connectivity index (χ4v) is 4.67. The van der Waals surface area contributed by atoms with Crippen LogP contribution in [0.25, 0.3) is 0 Å². The molecule has 0 aliphatic rings. The van der Waals surface area contributed by atoms with E-state index in [9.17, 15) is 0 Å². The number of hydrogen-bond donors (Lipinski definition) is 0. The third-order valence-corrected chi connectivity index (χ3v) is 5.17. The molecule has 0 N–H and O–H groups in total. The fourth-order valence-electron chi connectivity index (χ4n) is 1.11. The molecule has 0 aromatic carbocycles. The number of aryl methyl sites for hydroxylation is 1. The smallest absolute Gasteiger partial charge is 0.0530 e. The molecule has 80 valence electrons. The van der Waals surface area contributed by atoms with E-state index in [0.717, 1.165) is 5.75 Å². The summed E-state index contributed by atoms with van der Waals surface area (Å²) in [7, 11) is 1.14. The third kappa shape index (κ3) is 4.86. The van der Waals surface area contributed by atoms with Crippen LogP contribution in [0.1, 0.15) is 5.56 Å².